The first-order valence-corrected chi connectivity index (χ1v) is 8.08. The topological polar surface area (TPSA) is 68.3 Å². The van der Waals surface area contributed by atoms with Gasteiger partial charge >= 0.3 is 5.97 Å². The van der Waals surface area contributed by atoms with E-state index in [0.717, 1.165) is 11.6 Å². The van der Waals surface area contributed by atoms with Crippen LogP contribution < -0.4 is 5.32 Å². The molecule has 2 aromatic rings. The van der Waals surface area contributed by atoms with Crippen LogP contribution in [0.1, 0.15) is 36.2 Å². The molecule has 0 radical (unpaired) electrons. The summed E-state index contributed by atoms with van der Waals surface area (Å²) in [4.78, 5) is 28.0. The fourth-order valence-electron chi connectivity index (χ4n) is 2.30. The highest BCUT2D eigenvalue weighted by Crippen LogP contribution is 2.10. The molecule has 0 saturated carbocycles. The zero-order valence-corrected chi connectivity index (χ0v) is 14.2. The molecule has 132 valence electrons. The predicted octanol–water partition coefficient (Wildman–Crippen LogP) is 3.11. The molecule has 1 amide bonds. The Kier molecular flexibility index (Phi) is 6.62. The van der Waals surface area contributed by atoms with Crippen LogP contribution in [0.15, 0.2) is 48.7 Å². The monoisotopic (exact) mass is 344 g/mol. The number of benzene rings is 1. The maximum atomic E-state index is 13.2. The van der Waals surface area contributed by atoms with Crippen LogP contribution in [-0.4, -0.2) is 22.9 Å². The SMILES string of the molecule is CC(C)C[C@H](NC(=O)c1ccnc(F)c1)C(=O)OCc1ccccc1. The number of ether oxygens (including phenoxy) is 1. The molecule has 0 fully saturated rings. The Hall–Kier alpha value is -2.76. The fourth-order valence-corrected chi connectivity index (χ4v) is 2.30. The molecular weight excluding hydrogens is 323 g/mol. The van der Waals surface area contributed by atoms with Crippen LogP contribution >= 0.6 is 0 Å². The number of hydrogen-bond acceptors (Lipinski definition) is 4. The summed E-state index contributed by atoms with van der Waals surface area (Å²) in [5, 5.41) is 2.62. The molecule has 0 unspecified atom stereocenters. The molecule has 1 N–H and O–H groups in total. The van der Waals surface area contributed by atoms with Crippen molar-refractivity contribution in [2.24, 2.45) is 5.92 Å². The Morgan fingerprint density at radius 2 is 1.92 bits per heavy atom. The van der Waals surface area contributed by atoms with Crippen LogP contribution in [0, 0.1) is 11.9 Å². The minimum Gasteiger partial charge on any atom is -0.459 e. The fraction of sp³-hybridized carbons (Fsp3) is 0.316. The molecule has 0 aliphatic heterocycles. The zero-order valence-electron chi connectivity index (χ0n) is 14.2. The maximum absolute atomic E-state index is 13.2. The number of esters is 1. The Bertz CT molecular complexity index is 720. The molecular formula is C19H21FN2O3. The third-order valence-corrected chi connectivity index (χ3v) is 3.51. The van der Waals surface area contributed by atoms with Gasteiger partial charge < -0.3 is 10.1 Å². The van der Waals surface area contributed by atoms with Gasteiger partial charge in [-0.25, -0.2) is 9.78 Å². The number of amides is 1. The summed E-state index contributed by atoms with van der Waals surface area (Å²) >= 11 is 0. The number of carbonyl (C=O) groups excluding carboxylic acids is 2. The second kappa shape index (κ2) is 8.92. The predicted molar refractivity (Wildman–Crippen MR) is 91.1 cm³/mol. The maximum Gasteiger partial charge on any atom is 0.328 e. The number of carbonyl (C=O) groups is 2. The standard InChI is InChI=1S/C19H21FN2O3/c1-13(2)10-16(19(24)25-12-14-6-4-3-5-7-14)22-18(23)15-8-9-21-17(20)11-15/h3-9,11,13,16H,10,12H2,1-2H3,(H,22,23)/t16-/m0/s1. The van der Waals surface area contributed by atoms with E-state index in [1.807, 2.05) is 44.2 Å². The Labute approximate surface area is 146 Å². The zero-order chi connectivity index (χ0) is 18.2. The highest BCUT2D eigenvalue weighted by molar-refractivity contribution is 5.96. The highest BCUT2D eigenvalue weighted by atomic mass is 19.1. The van der Waals surface area contributed by atoms with E-state index in [0.29, 0.717) is 6.42 Å². The van der Waals surface area contributed by atoms with E-state index in [4.69, 9.17) is 4.74 Å². The molecule has 1 atom stereocenters. The minimum absolute atomic E-state index is 0.108. The number of pyridine rings is 1. The number of nitrogens with one attached hydrogen (secondary N) is 1. The van der Waals surface area contributed by atoms with Gasteiger partial charge in [-0.1, -0.05) is 44.2 Å². The Morgan fingerprint density at radius 1 is 1.20 bits per heavy atom. The largest absolute Gasteiger partial charge is 0.459 e. The molecule has 6 heteroatoms. The van der Waals surface area contributed by atoms with Crippen molar-refractivity contribution in [1.29, 1.82) is 0 Å². The number of rotatable bonds is 7. The molecule has 5 nitrogen and oxygen atoms in total. The number of aromatic nitrogens is 1. The second-order valence-electron chi connectivity index (χ2n) is 6.12. The molecule has 0 aliphatic carbocycles. The molecule has 1 heterocycles. The minimum atomic E-state index is -0.799. The van der Waals surface area contributed by atoms with Gasteiger partial charge in [0.05, 0.1) is 0 Å². The van der Waals surface area contributed by atoms with Gasteiger partial charge in [-0.2, -0.15) is 4.39 Å². The molecule has 25 heavy (non-hydrogen) atoms. The van der Waals surface area contributed by atoms with E-state index in [9.17, 15) is 14.0 Å². The average Bonchev–Trinajstić information content (AvgIpc) is 2.59. The van der Waals surface area contributed by atoms with Gasteiger partial charge in [-0.15, -0.1) is 0 Å². The number of hydrogen-bond donors (Lipinski definition) is 1. The molecule has 0 aliphatic rings. The van der Waals surface area contributed by atoms with E-state index >= 15 is 0 Å². The van der Waals surface area contributed by atoms with Gasteiger partial charge in [0.2, 0.25) is 5.95 Å². The summed E-state index contributed by atoms with van der Waals surface area (Å²) in [7, 11) is 0. The lowest BCUT2D eigenvalue weighted by Gasteiger charge is -2.19. The van der Waals surface area contributed by atoms with Crippen molar-refractivity contribution in [3.63, 3.8) is 0 Å². The summed E-state index contributed by atoms with van der Waals surface area (Å²) in [6.07, 6.45) is 1.63. The Morgan fingerprint density at radius 3 is 2.56 bits per heavy atom. The molecule has 2 rings (SSSR count). The van der Waals surface area contributed by atoms with Crippen LogP contribution in [0.4, 0.5) is 4.39 Å². The van der Waals surface area contributed by atoms with Crippen molar-refractivity contribution in [2.75, 3.05) is 0 Å². The average molecular weight is 344 g/mol. The first-order valence-electron chi connectivity index (χ1n) is 8.08. The van der Waals surface area contributed by atoms with Crippen molar-refractivity contribution in [3.05, 3.63) is 65.7 Å². The van der Waals surface area contributed by atoms with E-state index in [1.54, 1.807) is 0 Å². The lowest BCUT2D eigenvalue weighted by Crippen LogP contribution is -2.42. The van der Waals surface area contributed by atoms with Crippen molar-refractivity contribution >= 4 is 11.9 Å². The van der Waals surface area contributed by atoms with Crippen LogP contribution in [0.5, 0.6) is 0 Å². The first kappa shape index (κ1) is 18.6. The van der Waals surface area contributed by atoms with Gasteiger partial charge in [0.15, 0.2) is 0 Å². The van der Waals surface area contributed by atoms with Crippen molar-refractivity contribution in [3.8, 4) is 0 Å². The van der Waals surface area contributed by atoms with E-state index in [2.05, 4.69) is 10.3 Å². The van der Waals surface area contributed by atoms with Gasteiger partial charge in [-0.3, -0.25) is 4.79 Å². The first-order chi connectivity index (χ1) is 12.0. The van der Waals surface area contributed by atoms with Crippen LogP contribution in [0.25, 0.3) is 0 Å². The van der Waals surface area contributed by atoms with Crippen LogP contribution in [-0.2, 0) is 16.1 Å². The lowest BCUT2D eigenvalue weighted by atomic mass is 10.0. The van der Waals surface area contributed by atoms with Gasteiger partial charge in [0.25, 0.3) is 5.91 Å². The van der Waals surface area contributed by atoms with Crippen molar-refractivity contribution in [2.45, 2.75) is 32.9 Å². The lowest BCUT2D eigenvalue weighted by molar-refractivity contribution is -0.147. The number of halogens is 1. The third-order valence-electron chi connectivity index (χ3n) is 3.51. The molecule has 0 bridgehead atoms. The quantitative estimate of drug-likeness (QED) is 0.619. The summed E-state index contributed by atoms with van der Waals surface area (Å²) in [6.45, 7) is 4.01. The van der Waals surface area contributed by atoms with Crippen LogP contribution in [0.2, 0.25) is 0 Å². The van der Waals surface area contributed by atoms with Gasteiger partial charge in [0.1, 0.15) is 12.6 Å². The van der Waals surface area contributed by atoms with Gasteiger partial charge in [0, 0.05) is 17.8 Å². The summed E-state index contributed by atoms with van der Waals surface area (Å²) < 4.78 is 18.5. The normalized spacial score (nSPS) is 11.8. The molecule has 1 aromatic carbocycles. The van der Waals surface area contributed by atoms with E-state index in [1.165, 1.54) is 12.3 Å². The van der Waals surface area contributed by atoms with E-state index < -0.39 is 23.9 Å². The molecule has 0 saturated heterocycles. The molecule has 1 aromatic heterocycles. The summed E-state index contributed by atoms with van der Waals surface area (Å²) in [6, 6.07) is 10.9. The highest BCUT2D eigenvalue weighted by Gasteiger charge is 2.24. The summed E-state index contributed by atoms with van der Waals surface area (Å²) in [5.41, 5.74) is 0.971. The third kappa shape index (κ3) is 5.99. The summed E-state index contributed by atoms with van der Waals surface area (Å²) in [5.74, 6) is -1.63. The van der Waals surface area contributed by atoms with Gasteiger partial charge in [-0.05, 0) is 24.0 Å². The van der Waals surface area contributed by atoms with Crippen molar-refractivity contribution in [1.82, 2.24) is 10.3 Å². The van der Waals surface area contributed by atoms with E-state index in [-0.39, 0.29) is 18.1 Å². The second-order valence-corrected chi connectivity index (χ2v) is 6.12. The smallest absolute Gasteiger partial charge is 0.328 e. The molecule has 0 spiro atoms. The van der Waals surface area contributed by atoms with Crippen LogP contribution in [0.3, 0.4) is 0 Å². The van der Waals surface area contributed by atoms with Crippen molar-refractivity contribution < 1.29 is 18.7 Å². The Balaban J connectivity index is 2.01. The number of nitrogens with zero attached hydrogens (tertiary/aromatic N) is 1.